The lowest BCUT2D eigenvalue weighted by Crippen LogP contribution is -2.46. The minimum absolute atomic E-state index is 0.344. The number of benzene rings is 1. The van der Waals surface area contributed by atoms with Gasteiger partial charge in [0.2, 0.25) is 0 Å². The van der Waals surface area contributed by atoms with E-state index in [-0.39, 0.29) is 5.82 Å². The molecule has 4 nitrogen and oxygen atoms in total. The highest BCUT2D eigenvalue weighted by atomic mass is 19.1. The second kappa shape index (κ2) is 5.96. The Morgan fingerprint density at radius 3 is 2.50 bits per heavy atom. The van der Waals surface area contributed by atoms with Crippen LogP contribution in [0.25, 0.3) is 0 Å². The summed E-state index contributed by atoms with van der Waals surface area (Å²) in [5, 5.41) is 0. The molecule has 5 heteroatoms. The average molecular weight is 272 g/mol. The first-order chi connectivity index (χ1) is 9.83. The molecule has 1 saturated heterocycles. The number of nitrogens with zero attached hydrogens (tertiary/aromatic N) is 4. The van der Waals surface area contributed by atoms with Crippen molar-refractivity contribution in [1.82, 2.24) is 14.9 Å². The summed E-state index contributed by atoms with van der Waals surface area (Å²) >= 11 is 0. The van der Waals surface area contributed by atoms with Crippen molar-refractivity contribution in [2.45, 2.75) is 6.54 Å². The third kappa shape index (κ3) is 2.93. The second-order valence-corrected chi connectivity index (χ2v) is 4.94. The molecule has 0 bridgehead atoms. The molecule has 2 aromatic rings. The Kier molecular flexibility index (Phi) is 3.87. The monoisotopic (exact) mass is 272 g/mol. The summed E-state index contributed by atoms with van der Waals surface area (Å²) in [4.78, 5) is 12.1. The number of piperazine rings is 1. The maximum absolute atomic E-state index is 13.6. The van der Waals surface area contributed by atoms with E-state index in [0.29, 0.717) is 5.82 Å². The minimum Gasteiger partial charge on any atom is -0.352 e. The lowest BCUT2D eigenvalue weighted by Gasteiger charge is -2.35. The van der Waals surface area contributed by atoms with Gasteiger partial charge < -0.3 is 4.90 Å². The predicted octanol–water partition coefficient (Wildman–Crippen LogP) is 1.94. The van der Waals surface area contributed by atoms with Gasteiger partial charge in [0.25, 0.3) is 0 Å². The number of aromatic nitrogens is 2. The minimum atomic E-state index is -0.344. The molecule has 1 aliphatic heterocycles. The van der Waals surface area contributed by atoms with Gasteiger partial charge in [0.05, 0.1) is 6.20 Å². The van der Waals surface area contributed by atoms with Gasteiger partial charge in [0.15, 0.2) is 11.6 Å². The van der Waals surface area contributed by atoms with Gasteiger partial charge >= 0.3 is 0 Å². The van der Waals surface area contributed by atoms with Crippen molar-refractivity contribution in [3.8, 4) is 0 Å². The van der Waals surface area contributed by atoms with Gasteiger partial charge in [0.1, 0.15) is 6.33 Å². The zero-order valence-electron chi connectivity index (χ0n) is 11.2. The first kappa shape index (κ1) is 13.0. The van der Waals surface area contributed by atoms with Gasteiger partial charge in [-0.2, -0.15) is 0 Å². The fourth-order valence-electron chi connectivity index (χ4n) is 2.50. The molecule has 0 aliphatic carbocycles. The van der Waals surface area contributed by atoms with Crippen molar-refractivity contribution in [2.24, 2.45) is 0 Å². The smallest absolute Gasteiger partial charge is 0.183 e. The molecule has 2 heterocycles. The molecular formula is C15H17FN4. The Morgan fingerprint density at radius 2 is 1.80 bits per heavy atom. The Hall–Kier alpha value is -2.01. The number of anilines is 1. The highest BCUT2D eigenvalue weighted by Crippen LogP contribution is 2.17. The van der Waals surface area contributed by atoms with Crippen LogP contribution in [-0.2, 0) is 6.54 Å². The first-order valence-corrected chi connectivity index (χ1v) is 6.79. The van der Waals surface area contributed by atoms with E-state index < -0.39 is 0 Å². The predicted molar refractivity (Wildman–Crippen MR) is 75.9 cm³/mol. The molecule has 0 spiro atoms. The molecule has 0 atom stereocenters. The molecule has 0 saturated carbocycles. The van der Waals surface area contributed by atoms with Crippen LogP contribution in [0.3, 0.4) is 0 Å². The number of hydrogen-bond acceptors (Lipinski definition) is 4. The van der Waals surface area contributed by atoms with E-state index in [1.165, 1.54) is 18.1 Å². The Morgan fingerprint density at radius 1 is 1.05 bits per heavy atom. The van der Waals surface area contributed by atoms with E-state index in [1.807, 2.05) is 11.0 Å². The van der Waals surface area contributed by atoms with Crippen LogP contribution in [0.5, 0.6) is 0 Å². The van der Waals surface area contributed by atoms with Crippen LogP contribution in [0.4, 0.5) is 10.2 Å². The van der Waals surface area contributed by atoms with Crippen LogP contribution >= 0.6 is 0 Å². The molecule has 0 unspecified atom stereocenters. The van der Waals surface area contributed by atoms with E-state index in [4.69, 9.17) is 0 Å². The molecule has 0 radical (unpaired) electrons. The summed E-state index contributed by atoms with van der Waals surface area (Å²) in [6, 6.07) is 10.4. The molecule has 0 N–H and O–H groups in total. The number of rotatable bonds is 3. The molecule has 20 heavy (non-hydrogen) atoms. The topological polar surface area (TPSA) is 32.3 Å². The van der Waals surface area contributed by atoms with Crippen molar-refractivity contribution < 1.29 is 4.39 Å². The zero-order valence-corrected chi connectivity index (χ0v) is 11.2. The van der Waals surface area contributed by atoms with Crippen LogP contribution in [-0.4, -0.2) is 41.0 Å². The maximum Gasteiger partial charge on any atom is 0.183 e. The van der Waals surface area contributed by atoms with Crippen LogP contribution < -0.4 is 4.90 Å². The molecule has 1 aliphatic rings. The first-order valence-electron chi connectivity index (χ1n) is 6.79. The Balaban J connectivity index is 1.59. The van der Waals surface area contributed by atoms with E-state index in [2.05, 4.69) is 39.1 Å². The molecule has 0 amide bonds. The lowest BCUT2D eigenvalue weighted by atomic mass is 10.2. The van der Waals surface area contributed by atoms with Crippen molar-refractivity contribution >= 4 is 5.82 Å². The van der Waals surface area contributed by atoms with Gasteiger partial charge in [-0.05, 0) is 5.56 Å². The van der Waals surface area contributed by atoms with Crippen LogP contribution in [0.1, 0.15) is 5.56 Å². The summed E-state index contributed by atoms with van der Waals surface area (Å²) in [5.41, 5.74) is 1.31. The fourth-order valence-corrected chi connectivity index (χ4v) is 2.50. The van der Waals surface area contributed by atoms with Gasteiger partial charge in [-0.1, -0.05) is 30.3 Å². The van der Waals surface area contributed by atoms with Crippen molar-refractivity contribution in [3.63, 3.8) is 0 Å². The highest BCUT2D eigenvalue weighted by Gasteiger charge is 2.20. The number of hydrogen-bond donors (Lipinski definition) is 0. The summed E-state index contributed by atoms with van der Waals surface area (Å²) in [6.45, 7) is 4.36. The van der Waals surface area contributed by atoms with Gasteiger partial charge in [-0.15, -0.1) is 0 Å². The van der Waals surface area contributed by atoms with Gasteiger partial charge in [0, 0.05) is 32.7 Å². The Bertz CT molecular complexity index is 553. The molecule has 1 aromatic carbocycles. The lowest BCUT2D eigenvalue weighted by molar-refractivity contribution is 0.248. The molecule has 104 valence electrons. The van der Waals surface area contributed by atoms with Crippen molar-refractivity contribution in [1.29, 1.82) is 0 Å². The van der Waals surface area contributed by atoms with Crippen molar-refractivity contribution in [2.75, 3.05) is 31.1 Å². The highest BCUT2D eigenvalue weighted by molar-refractivity contribution is 5.38. The van der Waals surface area contributed by atoms with E-state index in [9.17, 15) is 4.39 Å². The normalized spacial score (nSPS) is 16.4. The third-order valence-electron chi connectivity index (χ3n) is 3.57. The summed E-state index contributed by atoms with van der Waals surface area (Å²) < 4.78 is 13.6. The maximum atomic E-state index is 13.6. The van der Waals surface area contributed by atoms with Gasteiger partial charge in [-0.3, -0.25) is 4.90 Å². The van der Waals surface area contributed by atoms with Crippen LogP contribution in [0, 0.1) is 5.82 Å². The average Bonchev–Trinajstić information content (AvgIpc) is 2.50. The van der Waals surface area contributed by atoms with E-state index in [1.54, 1.807) is 0 Å². The summed E-state index contributed by atoms with van der Waals surface area (Å²) in [7, 11) is 0. The molecular weight excluding hydrogens is 255 g/mol. The third-order valence-corrected chi connectivity index (χ3v) is 3.57. The SMILES string of the molecule is Fc1cncnc1N1CCN(Cc2ccccc2)CC1. The summed E-state index contributed by atoms with van der Waals surface area (Å²) in [5.74, 6) is 0.0726. The van der Waals surface area contributed by atoms with E-state index >= 15 is 0 Å². The largest absolute Gasteiger partial charge is 0.352 e. The molecule has 1 fully saturated rings. The van der Waals surface area contributed by atoms with Gasteiger partial charge in [-0.25, -0.2) is 14.4 Å². The standard InChI is InChI=1S/C15H17FN4/c16-14-10-17-12-18-15(14)20-8-6-19(7-9-20)11-13-4-2-1-3-5-13/h1-5,10,12H,6-9,11H2. The number of halogens is 1. The second-order valence-electron chi connectivity index (χ2n) is 4.94. The molecule has 3 rings (SSSR count). The van der Waals surface area contributed by atoms with Crippen molar-refractivity contribution in [3.05, 3.63) is 54.2 Å². The Labute approximate surface area is 117 Å². The quantitative estimate of drug-likeness (QED) is 0.854. The van der Waals surface area contributed by atoms with Crippen LogP contribution in [0.2, 0.25) is 0 Å². The fraction of sp³-hybridized carbons (Fsp3) is 0.333. The van der Waals surface area contributed by atoms with E-state index in [0.717, 1.165) is 32.7 Å². The zero-order chi connectivity index (χ0) is 13.8. The summed E-state index contributed by atoms with van der Waals surface area (Å²) in [6.07, 6.45) is 2.62. The van der Waals surface area contributed by atoms with Crippen LogP contribution in [0.15, 0.2) is 42.9 Å². The molecule has 1 aromatic heterocycles.